The van der Waals surface area contributed by atoms with Crippen molar-refractivity contribution >= 4 is 41.5 Å². The van der Waals surface area contributed by atoms with Crippen LogP contribution in [0.1, 0.15) is 26.1 Å². The highest BCUT2D eigenvalue weighted by Gasteiger charge is 2.20. The van der Waals surface area contributed by atoms with Gasteiger partial charge in [-0.25, -0.2) is 14.7 Å². The Bertz CT molecular complexity index is 736. The minimum atomic E-state index is -0.0418. The molecular formula is C18H26ClIN6O. The summed E-state index contributed by atoms with van der Waals surface area (Å²) in [5, 5.41) is 11.7. The number of hydrogen-bond acceptors (Lipinski definition) is 4. The third kappa shape index (κ3) is 6.53. The Hall–Kier alpha value is -1.55. The second-order valence-electron chi connectivity index (χ2n) is 6.34. The molecule has 2 unspecified atom stereocenters. The maximum Gasteiger partial charge on any atom is 0.191 e. The lowest BCUT2D eigenvalue weighted by molar-refractivity contribution is 0.230. The number of benzene rings is 1. The second kappa shape index (κ2) is 10.7. The van der Waals surface area contributed by atoms with Crippen LogP contribution in [0.3, 0.4) is 0 Å². The van der Waals surface area contributed by atoms with Crippen molar-refractivity contribution in [1.29, 1.82) is 0 Å². The van der Waals surface area contributed by atoms with Crippen molar-refractivity contribution in [2.24, 2.45) is 4.99 Å². The lowest BCUT2D eigenvalue weighted by Gasteiger charge is -2.25. The Kier molecular flexibility index (Phi) is 8.62. The molecule has 9 heteroatoms. The van der Waals surface area contributed by atoms with Crippen molar-refractivity contribution in [3.8, 4) is 5.75 Å². The molecule has 1 aliphatic heterocycles. The minimum Gasteiger partial charge on any atom is -0.489 e. The van der Waals surface area contributed by atoms with Crippen LogP contribution in [-0.2, 0) is 13.0 Å². The summed E-state index contributed by atoms with van der Waals surface area (Å²) in [6.07, 6.45) is 3.51. The summed E-state index contributed by atoms with van der Waals surface area (Å²) in [7, 11) is 0. The molecule has 0 saturated heterocycles. The summed E-state index contributed by atoms with van der Waals surface area (Å²) in [5.41, 5.74) is 0. The average molecular weight is 505 g/mol. The van der Waals surface area contributed by atoms with E-state index in [0.717, 1.165) is 43.5 Å². The predicted octanol–water partition coefficient (Wildman–Crippen LogP) is 2.89. The molecule has 0 amide bonds. The number of hydrogen-bond donors (Lipinski definition) is 2. The zero-order chi connectivity index (χ0) is 18.4. The molecule has 0 fully saturated rings. The largest absolute Gasteiger partial charge is 0.489 e. The normalized spacial score (nSPS) is 17.4. The first-order valence-corrected chi connectivity index (χ1v) is 9.35. The monoisotopic (exact) mass is 504 g/mol. The van der Waals surface area contributed by atoms with Gasteiger partial charge in [0.25, 0.3) is 0 Å². The van der Waals surface area contributed by atoms with Crippen LogP contribution in [0.25, 0.3) is 0 Å². The molecule has 1 aromatic carbocycles. The standard InChI is InChI=1S/C18H25ClN6O.HI/c1-3-20-18(24-15-6-9-17-22-12-23-25(17)11-15)21-10-13(2)26-16-7-4-14(19)5-8-16;/h4-5,7-8,12-13,15H,3,6,9-11H2,1-2H3,(H2,20,21,24);1H. The minimum absolute atomic E-state index is 0. The molecule has 0 saturated carbocycles. The molecule has 0 bridgehead atoms. The molecule has 7 nitrogen and oxygen atoms in total. The summed E-state index contributed by atoms with van der Waals surface area (Å²) in [6, 6.07) is 7.66. The van der Waals surface area contributed by atoms with Crippen molar-refractivity contribution < 1.29 is 4.74 Å². The van der Waals surface area contributed by atoms with Crippen molar-refractivity contribution in [2.75, 3.05) is 13.1 Å². The highest BCUT2D eigenvalue weighted by molar-refractivity contribution is 14.0. The molecule has 0 radical (unpaired) electrons. The summed E-state index contributed by atoms with van der Waals surface area (Å²) >= 11 is 5.90. The van der Waals surface area contributed by atoms with E-state index in [1.807, 2.05) is 35.9 Å². The van der Waals surface area contributed by atoms with Gasteiger partial charge in [-0.1, -0.05) is 11.6 Å². The van der Waals surface area contributed by atoms with Gasteiger partial charge in [0, 0.05) is 24.0 Å². The first kappa shape index (κ1) is 21.7. The van der Waals surface area contributed by atoms with Crippen LogP contribution in [0.15, 0.2) is 35.6 Å². The number of aromatic nitrogens is 3. The summed E-state index contributed by atoms with van der Waals surface area (Å²) in [6.45, 7) is 6.22. The molecule has 27 heavy (non-hydrogen) atoms. The number of nitrogens with one attached hydrogen (secondary N) is 2. The molecule has 1 aromatic heterocycles. The molecule has 3 rings (SSSR count). The smallest absolute Gasteiger partial charge is 0.191 e. The number of rotatable bonds is 6. The van der Waals surface area contributed by atoms with Crippen LogP contribution in [0.2, 0.25) is 5.02 Å². The predicted molar refractivity (Wildman–Crippen MR) is 118 cm³/mol. The molecule has 1 aliphatic rings. The molecule has 2 atom stereocenters. The zero-order valence-electron chi connectivity index (χ0n) is 15.6. The number of nitrogens with zero attached hydrogens (tertiary/aromatic N) is 4. The van der Waals surface area contributed by atoms with Crippen LogP contribution >= 0.6 is 35.6 Å². The van der Waals surface area contributed by atoms with Gasteiger partial charge in [0.1, 0.15) is 24.0 Å². The molecule has 148 valence electrons. The Balaban J connectivity index is 0.00000261. The topological polar surface area (TPSA) is 76.4 Å². The fourth-order valence-corrected chi connectivity index (χ4v) is 3.00. The van der Waals surface area contributed by atoms with Gasteiger partial charge in [0.05, 0.1) is 13.1 Å². The van der Waals surface area contributed by atoms with E-state index >= 15 is 0 Å². The number of aryl methyl sites for hydroxylation is 1. The zero-order valence-corrected chi connectivity index (χ0v) is 18.6. The van der Waals surface area contributed by atoms with Gasteiger partial charge < -0.3 is 15.4 Å². The van der Waals surface area contributed by atoms with Crippen LogP contribution in [-0.4, -0.2) is 46.0 Å². The molecule has 2 aromatic rings. The molecule has 0 spiro atoms. The Morgan fingerprint density at radius 3 is 2.93 bits per heavy atom. The van der Waals surface area contributed by atoms with Crippen molar-refractivity contribution in [3.05, 3.63) is 41.4 Å². The third-order valence-corrected chi connectivity index (χ3v) is 4.40. The van der Waals surface area contributed by atoms with Gasteiger partial charge >= 0.3 is 0 Å². The number of aliphatic imine (C=N–C) groups is 1. The Morgan fingerprint density at radius 2 is 2.19 bits per heavy atom. The van der Waals surface area contributed by atoms with Crippen LogP contribution in [0.4, 0.5) is 0 Å². The average Bonchev–Trinajstić information content (AvgIpc) is 3.10. The first-order valence-electron chi connectivity index (χ1n) is 8.97. The van der Waals surface area contributed by atoms with E-state index in [1.165, 1.54) is 0 Å². The Labute approximate surface area is 182 Å². The van der Waals surface area contributed by atoms with E-state index < -0.39 is 0 Å². The molecule has 2 heterocycles. The molecular weight excluding hydrogens is 479 g/mol. The third-order valence-electron chi connectivity index (χ3n) is 4.15. The van der Waals surface area contributed by atoms with E-state index in [1.54, 1.807) is 6.33 Å². The van der Waals surface area contributed by atoms with Gasteiger partial charge in [0.2, 0.25) is 0 Å². The van der Waals surface area contributed by atoms with E-state index in [9.17, 15) is 0 Å². The van der Waals surface area contributed by atoms with E-state index in [2.05, 4.69) is 32.6 Å². The van der Waals surface area contributed by atoms with Crippen LogP contribution in [0, 0.1) is 0 Å². The van der Waals surface area contributed by atoms with E-state index in [0.29, 0.717) is 11.6 Å². The number of halogens is 2. The van der Waals surface area contributed by atoms with E-state index in [4.69, 9.17) is 16.3 Å². The van der Waals surface area contributed by atoms with E-state index in [-0.39, 0.29) is 36.1 Å². The molecule has 2 N–H and O–H groups in total. The highest BCUT2D eigenvalue weighted by atomic mass is 127. The van der Waals surface area contributed by atoms with Gasteiger partial charge in [-0.05, 0) is 44.5 Å². The van der Waals surface area contributed by atoms with Crippen molar-refractivity contribution in [1.82, 2.24) is 25.4 Å². The highest BCUT2D eigenvalue weighted by Crippen LogP contribution is 2.17. The van der Waals surface area contributed by atoms with Crippen LogP contribution < -0.4 is 15.4 Å². The first-order chi connectivity index (χ1) is 12.6. The summed E-state index contributed by atoms with van der Waals surface area (Å²) < 4.78 is 7.84. The van der Waals surface area contributed by atoms with Crippen LogP contribution in [0.5, 0.6) is 5.75 Å². The van der Waals surface area contributed by atoms with Crippen molar-refractivity contribution in [2.45, 2.75) is 45.4 Å². The van der Waals surface area contributed by atoms with Gasteiger partial charge in [-0.15, -0.1) is 24.0 Å². The lowest BCUT2D eigenvalue weighted by atomic mass is 10.1. The van der Waals surface area contributed by atoms with Gasteiger partial charge in [-0.3, -0.25) is 0 Å². The second-order valence-corrected chi connectivity index (χ2v) is 6.78. The van der Waals surface area contributed by atoms with Crippen molar-refractivity contribution in [3.63, 3.8) is 0 Å². The number of ether oxygens (including phenoxy) is 1. The Morgan fingerprint density at radius 1 is 1.41 bits per heavy atom. The quantitative estimate of drug-likeness (QED) is 0.359. The summed E-state index contributed by atoms with van der Waals surface area (Å²) in [4.78, 5) is 8.93. The van der Waals surface area contributed by atoms with Gasteiger partial charge in [-0.2, -0.15) is 5.10 Å². The molecule has 0 aliphatic carbocycles. The number of guanidine groups is 1. The maximum absolute atomic E-state index is 5.90. The van der Waals surface area contributed by atoms with Gasteiger partial charge in [0.15, 0.2) is 5.96 Å². The lowest BCUT2D eigenvalue weighted by Crippen LogP contribution is -2.47. The SMILES string of the molecule is CCNC(=NCC(C)Oc1ccc(Cl)cc1)NC1CCc2ncnn2C1.I. The summed E-state index contributed by atoms with van der Waals surface area (Å²) in [5.74, 6) is 2.64. The number of fused-ring (bicyclic) bond motifs is 1. The fraction of sp³-hybridized carbons (Fsp3) is 0.500. The maximum atomic E-state index is 5.90. The fourth-order valence-electron chi connectivity index (χ4n) is 2.87.